The van der Waals surface area contributed by atoms with Crippen LogP contribution in [0.15, 0.2) is 70.5 Å². The molecule has 0 spiro atoms. The number of ether oxygens (including phenoxy) is 1. The topological polar surface area (TPSA) is 216 Å². The Bertz CT molecular complexity index is 5350. The number of H-pyrrole nitrogens is 2. The standard InChI is InChI=1S/C41H45F2N7O4.C36H37F2N7O2/c1-19(2)32-34(21(4)14-15-44-32)50-35-24(16-25(42)29(31(35)43)28-20(3)10-13-26-30(28)33(46-45-26)23-11-12-23)36-37(39(50)52)47(9)38(51)27-18-48(22(5)17-49(27)36)40(53)54-41(6,7)8;1-16(2)29-31(18(4)11-12-39-29)45-32-21(33-34(36(45)47)43(6)35(46)24-14-40-19(5)15-44(24)33)13-22(37)26(28(32)38)25-17(3)7-10-23-27(25)30(42-41-23)20-8-9-20/h10,13-16,19,22-23,27H,11-12,17-18H2,1-9H3,(H,45,46);7,10-13,16,19-20,24,40H,8-9,14-15H2,1-6H3,(H,41,42)/t22-,27-;19-,24-/m11/s1. The fraction of sp³-hybridized carbons (Fsp3) is 0.416. The Hall–Kier alpha value is -9.97. The zero-order valence-corrected chi connectivity index (χ0v) is 59.4. The summed E-state index contributed by atoms with van der Waals surface area (Å²) in [5.74, 6) is -3.80. The molecule has 0 unspecified atom stereocenters. The van der Waals surface area contributed by atoms with Crippen LogP contribution in [-0.4, -0.2) is 132 Å². The number of nitrogens with one attached hydrogen (secondary N) is 3. The summed E-state index contributed by atoms with van der Waals surface area (Å²) in [6.07, 6.45) is 6.61. The summed E-state index contributed by atoms with van der Waals surface area (Å²) in [5, 5.41) is 20.3. The van der Waals surface area contributed by atoms with Crippen LogP contribution < -0.4 is 36.0 Å². The first-order valence-corrected chi connectivity index (χ1v) is 34.9. The summed E-state index contributed by atoms with van der Waals surface area (Å²) in [6.45, 7) is 25.1. The van der Waals surface area contributed by atoms with E-state index >= 15 is 22.4 Å². The molecule has 3 amide bonds. The summed E-state index contributed by atoms with van der Waals surface area (Å²) in [4.78, 5) is 88.5. The summed E-state index contributed by atoms with van der Waals surface area (Å²) in [7, 11) is 3.06. The molecule has 4 aromatic carbocycles. The number of fused-ring (bicyclic) bond motifs is 12. The molecule has 2 aliphatic carbocycles. The number of halogens is 4. The van der Waals surface area contributed by atoms with Crippen molar-refractivity contribution < 1.29 is 36.7 Å². The van der Waals surface area contributed by atoms with Gasteiger partial charge in [-0.15, -0.1) is 0 Å². The number of rotatable bonds is 8. The molecular formula is C77H82F4N14O6. The molecule has 4 aliphatic heterocycles. The molecule has 524 valence electrons. The van der Waals surface area contributed by atoms with Gasteiger partial charge < -0.3 is 34.6 Å². The number of amides is 3. The van der Waals surface area contributed by atoms with E-state index in [4.69, 9.17) is 4.74 Å². The minimum absolute atomic E-state index is 0.00434. The third-order valence-electron chi connectivity index (χ3n) is 21.2. The molecule has 6 aromatic heterocycles. The van der Waals surface area contributed by atoms with Crippen molar-refractivity contribution in [2.75, 3.05) is 59.9 Å². The second-order valence-corrected chi connectivity index (χ2v) is 30.1. The van der Waals surface area contributed by atoms with Crippen LogP contribution in [0.25, 0.3) is 77.2 Å². The normalized spacial score (nSPS) is 19.2. The zero-order valence-electron chi connectivity index (χ0n) is 59.4. The molecule has 0 radical (unpaired) electrons. The van der Waals surface area contributed by atoms with Gasteiger partial charge in [-0.25, -0.2) is 22.4 Å². The van der Waals surface area contributed by atoms with Gasteiger partial charge in [-0.05, 0) is 158 Å². The molecule has 6 aliphatic rings. The van der Waals surface area contributed by atoms with E-state index in [1.807, 2.05) is 92.3 Å². The molecule has 24 heteroatoms. The van der Waals surface area contributed by atoms with Gasteiger partial charge in [-0.2, -0.15) is 10.2 Å². The van der Waals surface area contributed by atoms with Crippen molar-refractivity contribution in [2.24, 2.45) is 0 Å². The largest absolute Gasteiger partial charge is 0.444 e. The number of pyridine rings is 4. The zero-order chi connectivity index (χ0) is 71.8. The third-order valence-corrected chi connectivity index (χ3v) is 21.2. The van der Waals surface area contributed by atoms with Gasteiger partial charge in [0.15, 0.2) is 11.6 Å². The van der Waals surface area contributed by atoms with E-state index in [9.17, 15) is 19.2 Å². The Labute approximate surface area is 580 Å². The quantitative estimate of drug-likeness (QED) is 0.121. The van der Waals surface area contributed by atoms with Gasteiger partial charge in [0, 0.05) is 114 Å². The van der Waals surface area contributed by atoms with Crippen LogP contribution in [-0.2, 0) is 14.3 Å². The lowest BCUT2D eigenvalue weighted by atomic mass is 9.91. The van der Waals surface area contributed by atoms with E-state index in [1.165, 1.54) is 43.0 Å². The summed E-state index contributed by atoms with van der Waals surface area (Å²) < 4.78 is 78.4. The number of benzene rings is 4. The highest BCUT2D eigenvalue weighted by Gasteiger charge is 2.49. The SMILES string of the molecule is Cc1ccnc(C(C)C)c1-n1c(=O)c2c(c3cc(F)c(-c4c(C)ccc5n[nH]c(C6CC6)c45)c(F)c31)N1C[C@@H](C)N(C(=O)OC(C)(C)C)C[C@@H]1C(=O)N2C.Cc1ccnc(C(C)C)c1-n1c(=O)c2c(c3cc(F)c(-c4c(C)ccc5n[nH]c(C6CC6)c45)c(F)c31)N1C[C@@H](C)NC[C@@H]1C(=O)N2C. The van der Waals surface area contributed by atoms with Crippen LogP contribution in [0.2, 0.25) is 0 Å². The molecular weight excluding hydrogens is 1290 g/mol. The third kappa shape index (κ3) is 10.5. The van der Waals surface area contributed by atoms with E-state index in [1.54, 1.807) is 63.3 Å². The average molecular weight is 1380 g/mol. The first-order valence-electron chi connectivity index (χ1n) is 34.9. The molecule has 4 fully saturated rings. The number of nitrogens with zero attached hydrogens (tertiary/aromatic N) is 11. The molecule has 101 heavy (non-hydrogen) atoms. The Morgan fingerprint density at radius 1 is 0.564 bits per heavy atom. The average Bonchev–Trinajstić information content (AvgIpc) is 1.60. The van der Waals surface area contributed by atoms with Crippen molar-refractivity contribution in [3.63, 3.8) is 0 Å². The fourth-order valence-corrected chi connectivity index (χ4v) is 16.0. The molecule has 2 saturated carbocycles. The second kappa shape index (κ2) is 24.1. The van der Waals surface area contributed by atoms with E-state index in [0.717, 1.165) is 37.1 Å². The number of likely N-dealkylation sites (N-methyl/N-ethyl adjacent to an activating group) is 2. The lowest BCUT2D eigenvalue weighted by molar-refractivity contribution is -0.121. The van der Waals surface area contributed by atoms with Gasteiger partial charge >= 0.3 is 6.09 Å². The fourth-order valence-electron chi connectivity index (χ4n) is 16.0. The lowest BCUT2D eigenvalue weighted by Crippen LogP contribution is -2.66. The van der Waals surface area contributed by atoms with E-state index in [-0.39, 0.29) is 98.7 Å². The molecule has 0 bridgehead atoms. The Kier molecular flexibility index (Phi) is 16.0. The molecule has 10 aromatic rings. The molecule has 2 saturated heterocycles. The maximum atomic E-state index is 18.1. The first-order chi connectivity index (χ1) is 48.0. The highest BCUT2D eigenvalue weighted by molar-refractivity contribution is 6.15. The number of aromatic nitrogens is 8. The summed E-state index contributed by atoms with van der Waals surface area (Å²) in [6, 6.07) is 11.5. The monoisotopic (exact) mass is 1370 g/mol. The van der Waals surface area contributed by atoms with E-state index < -0.39 is 70.1 Å². The number of piperazine rings is 2. The molecule has 10 heterocycles. The van der Waals surface area contributed by atoms with Crippen molar-refractivity contribution in [2.45, 2.75) is 169 Å². The van der Waals surface area contributed by atoms with Gasteiger partial charge in [0.2, 0.25) is 0 Å². The molecule has 3 N–H and O–H groups in total. The van der Waals surface area contributed by atoms with Crippen LogP contribution >= 0.6 is 0 Å². The number of hydrogen-bond donors (Lipinski definition) is 3. The van der Waals surface area contributed by atoms with Crippen molar-refractivity contribution in [1.82, 2.24) is 49.7 Å². The van der Waals surface area contributed by atoms with E-state index in [0.29, 0.717) is 96.7 Å². The molecule has 20 nitrogen and oxygen atoms in total. The number of carbonyl (C=O) groups is 3. The second-order valence-electron chi connectivity index (χ2n) is 30.1. The first kappa shape index (κ1) is 66.9. The van der Waals surface area contributed by atoms with E-state index in [2.05, 4.69) is 35.7 Å². The lowest BCUT2D eigenvalue weighted by Gasteiger charge is -2.50. The minimum Gasteiger partial charge on any atom is -0.444 e. The highest BCUT2D eigenvalue weighted by Crippen LogP contribution is 2.52. The maximum absolute atomic E-state index is 18.1. The van der Waals surface area contributed by atoms with Crippen LogP contribution in [0.5, 0.6) is 0 Å². The number of aryl methyl sites for hydroxylation is 4. The summed E-state index contributed by atoms with van der Waals surface area (Å²) in [5.41, 5.74) is 6.60. The predicted octanol–water partition coefficient (Wildman–Crippen LogP) is 13.6. The van der Waals surface area contributed by atoms with Crippen LogP contribution in [0, 0.1) is 51.0 Å². The number of carbonyl (C=O) groups excluding carboxylic acids is 3. The van der Waals surface area contributed by atoms with Gasteiger partial charge in [0.1, 0.15) is 40.7 Å². The summed E-state index contributed by atoms with van der Waals surface area (Å²) >= 11 is 0. The number of aromatic amines is 2. The molecule has 16 rings (SSSR count). The minimum atomic E-state index is -0.940. The van der Waals surface area contributed by atoms with Gasteiger partial charge in [0.05, 0.1) is 73.9 Å². The Balaban J connectivity index is 0.000000165. The van der Waals surface area contributed by atoms with Gasteiger partial charge in [-0.3, -0.25) is 48.5 Å². The van der Waals surface area contributed by atoms with Crippen LogP contribution in [0.4, 0.5) is 45.1 Å². The molecule has 4 atom stereocenters. The Morgan fingerprint density at radius 3 is 1.43 bits per heavy atom. The highest BCUT2D eigenvalue weighted by atomic mass is 19.1. The Morgan fingerprint density at radius 2 is 1.00 bits per heavy atom. The van der Waals surface area contributed by atoms with Crippen LogP contribution in [0.1, 0.15) is 157 Å². The van der Waals surface area contributed by atoms with Gasteiger partial charge in [0.25, 0.3) is 22.9 Å². The van der Waals surface area contributed by atoms with Crippen molar-refractivity contribution >= 4 is 84.3 Å². The van der Waals surface area contributed by atoms with Gasteiger partial charge in [-0.1, -0.05) is 39.8 Å². The number of anilines is 4. The predicted molar refractivity (Wildman–Crippen MR) is 385 cm³/mol. The maximum Gasteiger partial charge on any atom is 0.410 e. The van der Waals surface area contributed by atoms with Crippen molar-refractivity contribution in [1.29, 1.82) is 0 Å². The van der Waals surface area contributed by atoms with Crippen LogP contribution in [0.3, 0.4) is 0 Å². The number of hydrogen-bond acceptors (Lipinski definition) is 13. The smallest absolute Gasteiger partial charge is 0.410 e. The van der Waals surface area contributed by atoms with Crippen molar-refractivity contribution in [3.05, 3.63) is 150 Å². The van der Waals surface area contributed by atoms with Crippen molar-refractivity contribution in [3.8, 4) is 33.6 Å².